The Morgan fingerprint density at radius 2 is 1.94 bits per heavy atom. The minimum absolute atomic E-state index is 0.217. The molecule has 35 heavy (non-hydrogen) atoms. The fraction of sp³-hybridized carbons (Fsp3) is 0.440. The lowest BCUT2D eigenvalue weighted by molar-refractivity contribution is 0.0398. The van der Waals surface area contributed by atoms with E-state index in [1.54, 1.807) is 12.7 Å². The highest BCUT2D eigenvalue weighted by atomic mass is 16.5. The number of benzene rings is 1. The molecule has 2 saturated heterocycles. The van der Waals surface area contributed by atoms with Gasteiger partial charge in [-0.2, -0.15) is 0 Å². The van der Waals surface area contributed by atoms with Gasteiger partial charge in [0.1, 0.15) is 30.0 Å². The number of anilines is 2. The third-order valence-corrected chi connectivity index (χ3v) is 6.86. The Kier molecular flexibility index (Phi) is 6.29. The average molecular weight is 475 g/mol. The summed E-state index contributed by atoms with van der Waals surface area (Å²) in [6, 6.07) is 8.51. The van der Waals surface area contributed by atoms with Crippen LogP contribution >= 0.6 is 0 Å². The van der Waals surface area contributed by atoms with Crippen molar-refractivity contribution in [2.75, 3.05) is 62.8 Å². The van der Waals surface area contributed by atoms with Crippen molar-refractivity contribution in [3.05, 3.63) is 43.1 Å². The Bertz CT molecular complexity index is 1290. The van der Waals surface area contributed by atoms with Crippen LogP contribution in [0.5, 0.6) is 5.75 Å². The van der Waals surface area contributed by atoms with Gasteiger partial charge < -0.3 is 24.7 Å². The third kappa shape index (κ3) is 4.59. The molecule has 0 bridgehead atoms. The first-order valence-corrected chi connectivity index (χ1v) is 12.3. The molecular formula is C25H30N8O2. The van der Waals surface area contributed by atoms with E-state index in [4.69, 9.17) is 14.5 Å². The van der Waals surface area contributed by atoms with E-state index in [9.17, 15) is 0 Å². The molecule has 10 heteroatoms. The van der Waals surface area contributed by atoms with E-state index < -0.39 is 0 Å². The summed E-state index contributed by atoms with van der Waals surface area (Å²) in [4.78, 5) is 25.7. The topological polar surface area (TPSA) is 104 Å². The molecule has 0 amide bonds. The maximum Gasteiger partial charge on any atom is 0.162 e. The van der Waals surface area contributed by atoms with Gasteiger partial charge in [-0.3, -0.25) is 4.90 Å². The lowest BCUT2D eigenvalue weighted by Gasteiger charge is -2.27. The third-order valence-electron chi connectivity index (χ3n) is 6.86. The Hall–Kier alpha value is -3.50. The van der Waals surface area contributed by atoms with Crippen LogP contribution in [0.1, 0.15) is 12.8 Å². The SMILES string of the molecule is c1ccc2c(NCCN3CCOCC3)ncc(OCC3CCCN3c3ncnc4[nH]cnc34)c2c1. The van der Waals surface area contributed by atoms with Crippen LogP contribution in [0.2, 0.25) is 0 Å². The first-order valence-electron chi connectivity index (χ1n) is 12.3. The number of aromatic nitrogens is 5. The predicted molar refractivity (Wildman–Crippen MR) is 135 cm³/mol. The van der Waals surface area contributed by atoms with Crippen LogP contribution in [-0.4, -0.2) is 88.4 Å². The van der Waals surface area contributed by atoms with Crippen molar-refractivity contribution in [1.82, 2.24) is 29.8 Å². The second kappa shape index (κ2) is 10.0. The van der Waals surface area contributed by atoms with Crippen molar-refractivity contribution in [3.63, 3.8) is 0 Å². The van der Waals surface area contributed by atoms with Crippen molar-refractivity contribution in [3.8, 4) is 5.75 Å². The van der Waals surface area contributed by atoms with Crippen molar-refractivity contribution in [1.29, 1.82) is 0 Å². The van der Waals surface area contributed by atoms with Gasteiger partial charge in [-0.05, 0) is 12.8 Å². The zero-order valence-corrected chi connectivity index (χ0v) is 19.7. The molecular weight excluding hydrogens is 444 g/mol. The summed E-state index contributed by atoms with van der Waals surface area (Å²) < 4.78 is 11.8. The number of imidazole rings is 1. The number of fused-ring (bicyclic) bond motifs is 2. The summed E-state index contributed by atoms with van der Waals surface area (Å²) in [5.41, 5.74) is 1.56. The molecule has 0 saturated carbocycles. The highest BCUT2D eigenvalue weighted by Gasteiger charge is 2.28. The van der Waals surface area contributed by atoms with Gasteiger partial charge in [0.15, 0.2) is 11.5 Å². The molecule has 4 aromatic rings. The Morgan fingerprint density at radius 3 is 2.86 bits per heavy atom. The normalized spacial score (nSPS) is 19.0. The fourth-order valence-corrected chi connectivity index (χ4v) is 5.02. The van der Waals surface area contributed by atoms with Crippen molar-refractivity contribution < 1.29 is 9.47 Å². The molecule has 2 aliphatic rings. The van der Waals surface area contributed by atoms with Gasteiger partial charge in [0, 0.05) is 43.5 Å². The molecule has 1 unspecified atom stereocenters. The molecule has 2 N–H and O–H groups in total. The Labute approximate surface area is 203 Å². The number of nitrogens with zero attached hydrogens (tertiary/aromatic N) is 6. The van der Waals surface area contributed by atoms with Crippen LogP contribution in [0.4, 0.5) is 11.6 Å². The molecule has 182 valence electrons. The summed E-state index contributed by atoms with van der Waals surface area (Å²) in [5.74, 6) is 2.56. The van der Waals surface area contributed by atoms with E-state index >= 15 is 0 Å². The minimum atomic E-state index is 0.217. The minimum Gasteiger partial charge on any atom is -0.489 e. The quantitative estimate of drug-likeness (QED) is 0.399. The molecule has 1 aromatic carbocycles. The standard InChI is InChI=1S/C25H30N8O2/c1-2-6-20-19(5-1)21(14-27-23(20)26-7-9-32-10-12-34-13-11-32)35-15-18-4-3-8-33(18)25-22-24(29-16-28-22)30-17-31-25/h1-2,5-6,14,16-18H,3-4,7-13,15H2,(H,26,27)(H,28,29,30,31). The second-order valence-electron chi connectivity index (χ2n) is 8.99. The molecule has 6 rings (SSSR count). The maximum atomic E-state index is 6.38. The lowest BCUT2D eigenvalue weighted by atomic mass is 10.1. The number of rotatable bonds is 8. The smallest absolute Gasteiger partial charge is 0.162 e. The molecule has 0 radical (unpaired) electrons. The van der Waals surface area contributed by atoms with E-state index in [0.717, 1.165) is 98.1 Å². The predicted octanol–water partition coefficient (Wildman–Crippen LogP) is 2.69. The first-order chi connectivity index (χ1) is 17.4. The number of hydrogen-bond acceptors (Lipinski definition) is 9. The summed E-state index contributed by atoms with van der Waals surface area (Å²) in [7, 11) is 0. The number of pyridine rings is 1. The number of hydrogen-bond donors (Lipinski definition) is 2. The fourth-order valence-electron chi connectivity index (χ4n) is 5.02. The van der Waals surface area contributed by atoms with E-state index in [1.165, 1.54) is 0 Å². The monoisotopic (exact) mass is 474 g/mol. The van der Waals surface area contributed by atoms with E-state index in [1.807, 2.05) is 18.3 Å². The highest BCUT2D eigenvalue weighted by molar-refractivity contribution is 5.95. The first kappa shape index (κ1) is 22.0. The van der Waals surface area contributed by atoms with Crippen molar-refractivity contribution in [2.24, 2.45) is 0 Å². The van der Waals surface area contributed by atoms with E-state index in [2.05, 4.69) is 47.2 Å². The summed E-state index contributed by atoms with van der Waals surface area (Å²) >= 11 is 0. The maximum absolute atomic E-state index is 6.38. The van der Waals surface area contributed by atoms with Gasteiger partial charge in [0.25, 0.3) is 0 Å². The van der Waals surface area contributed by atoms with Crippen LogP contribution in [0.25, 0.3) is 21.9 Å². The van der Waals surface area contributed by atoms with Crippen LogP contribution in [0.3, 0.4) is 0 Å². The van der Waals surface area contributed by atoms with Gasteiger partial charge in [-0.25, -0.2) is 19.9 Å². The molecule has 0 aliphatic carbocycles. The zero-order valence-electron chi connectivity index (χ0n) is 19.7. The number of ether oxygens (including phenoxy) is 2. The molecule has 3 aromatic heterocycles. The Morgan fingerprint density at radius 1 is 1.06 bits per heavy atom. The Balaban J connectivity index is 1.15. The molecule has 0 spiro atoms. The molecule has 5 heterocycles. The van der Waals surface area contributed by atoms with Gasteiger partial charge in [-0.15, -0.1) is 0 Å². The number of aromatic amines is 1. The van der Waals surface area contributed by atoms with E-state index in [0.29, 0.717) is 6.61 Å². The summed E-state index contributed by atoms with van der Waals surface area (Å²) in [6.45, 7) is 6.91. The zero-order chi connectivity index (χ0) is 23.5. The lowest BCUT2D eigenvalue weighted by Crippen LogP contribution is -2.39. The average Bonchev–Trinajstić information content (AvgIpc) is 3.58. The van der Waals surface area contributed by atoms with Crippen LogP contribution in [-0.2, 0) is 4.74 Å². The van der Waals surface area contributed by atoms with Crippen molar-refractivity contribution >= 4 is 33.6 Å². The van der Waals surface area contributed by atoms with Gasteiger partial charge in [0.2, 0.25) is 0 Å². The largest absolute Gasteiger partial charge is 0.489 e. The van der Waals surface area contributed by atoms with Crippen LogP contribution < -0.4 is 15.0 Å². The molecule has 1 atom stereocenters. The molecule has 2 fully saturated rings. The highest BCUT2D eigenvalue weighted by Crippen LogP contribution is 2.32. The number of morpholine rings is 1. The summed E-state index contributed by atoms with van der Waals surface area (Å²) in [6.07, 6.45) is 7.24. The molecule has 2 aliphatic heterocycles. The van der Waals surface area contributed by atoms with Crippen molar-refractivity contribution in [2.45, 2.75) is 18.9 Å². The van der Waals surface area contributed by atoms with Gasteiger partial charge in [0.05, 0.1) is 31.8 Å². The number of nitrogens with one attached hydrogen (secondary N) is 2. The molecule has 10 nitrogen and oxygen atoms in total. The van der Waals surface area contributed by atoms with Gasteiger partial charge >= 0.3 is 0 Å². The van der Waals surface area contributed by atoms with Crippen LogP contribution in [0.15, 0.2) is 43.1 Å². The van der Waals surface area contributed by atoms with E-state index in [-0.39, 0.29) is 6.04 Å². The summed E-state index contributed by atoms with van der Waals surface area (Å²) in [5, 5.41) is 5.66. The second-order valence-corrected chi connectivity index (χ2v) is 8.99. The van der Waals surface area contributed by atoms with Crippen LogP contribution in [0, 0.1) is 0 Å². The number of H-pyrrole nitrogens is 1. The van der Waals surface area contributed by atoms with Gasteiger partial charge in [-0.1, -0.05) is 24.3 Å².